The van der Waals surface area contributed by atoms with E-state index in [1.165, 1.54) is 0 Å². The summed E-state index contributed by atoms with van der Waals surface area (Å²) in [6.07, 6.45) is 1.37. The van der Waals surface area contributed by atoms with E-state index in [9.17, 15) is 4.79 Å². The minimum atomic E-state index is -0.211. The molecule has 0 aliphatic carbocycles. The highest BCUT2D eigenvalue weighted by Crippen LogP contribution is 1.79. The molecule has 0 saturated carbocycles. The number of nitrogens with two attached hydrogens (primary N) is 1. The SMILES string of the molecule is CCCC(N)=O.CNC. The van der Waals surface area contributed by atoms with E-state index >= 15 is 0 Å². The highest BCUT2D eigenvalue weighted by atomic mass is 16.1. The molecule has 56 valence electrons. The molecule has 1 amide bonds. The lowest BCUT2D eigenvalue weighted by Crippen LogP contribution is -2.08. The van der Waals surface area contributed by atoms with E-state index in [-0.39, 0.29) is 5.91 Å². The molecule has 0 aliphatic heterocycles. The van der Waals surface area contributed by atoms with Gasteiger partial charge >= 0.3 is 0 Å². The Labute approximate surface area is 56.6 Å². The standard InChI is InChI=1S/C4H9NO.C2H7N/c1-2-3-4(5)6;1-3-2/h2-3H2,1H3,(H2,5,6);3H,1-2H3. The van der Waals surface area contributed by atoms with Gasteiger partial charge in [-0.15, -0.1) is 0 Å². The molecule has 3 heteroatoms. The van der Waals surface area contributed by atoms with Gasteiger partial charge in [-0.25, -0.2) is 0 Å². The van der Waals surface area contributed by atoms with Crippen molar-refractivity contribution >= 4 is 5.91 Å². The van der Waals surface area contributed by atoms with Crippen LogP contribution in [0.3, 0.4) is 0 Å². The molecule has 0 atom stereocenters. The molecule has 3 nitrogen and oxygen atoms in total. The van der Waals surface area contributed by atoms with Crippen LogP contribution >= 0.6 is 0 Å². The Balaban J connectivity index is 0. The van der Waals surface area contributed by atoms with E-state index in [0.29, 0.717) is 6.42 Å². The molecule has 9 heavy (non-hydrogen) atoms. The van der Waals surface area contributed by atoms with Crippen LogP contribution in [0, 0.1) is 0 Å². The van der Waals surface area contributed by atoms with Crippen molar-refractivity contribution in [1.82, 2.24) is 5.32 Å². The first-order chi connectivity index (χ1) is 4.18. The normalized spacial score (nSPS) is 7.44. The van der Waals surface area contributed by atoms with Crippen LogP contribution in [0.5, 0.6) is 0 Å². The Morgan fingerprint density at radius 1 is 1.56 bits per heavy atom. The van der Waals surface area contributed by atoms with E-state index < -0.39 is 0 Å². The zero-order valence-corrected chi connectivity index (χ0v) is 6.40. The van der Waals surface area contributed by atoms with Crippen molar-refractivity contribution in [3.63, 3.8) is 0 Å². The number of carbonyl (C=O) groups is 1. The maximum Gasteiger partial charge on any atom is 0.217 e. The van der Waals surface area contributed by atoms with Crippen molar-refractivity contribution < 1.29 is 4.79 Å². The number of nitrogens with one attached hydrogen (secondary N) is 1. The van der Waals surface area contributed by atoms with Gasteiger partial charge in [0.15, 0.2) is 0 Å². The molecule has 0 aliphatic rings. The van der Waals surface area contributed by atoms with Gasteiger partial charge in [0.1, 0.15) is 0 Å². The zero-order valence-electron chi connectivity index (χ0n) is 6.40. The Kier molecular flexibility index (Phi) is 13.0. The highest BCUT2D eigenvalue weighted by molar-refractivity contribution is 5.73. The van der Waals surface area contributed by atoms with Crippen molar-refractivity contribution in [3.05, 3.63) is 0 Å². The molecule has 0 aromatic carbocycles. The molecule has 0 unspecified atom stereocenters. The lowest BCUT2D eigenvalue weighted by atomic mass is 10.3. The molecule has 3 N–H and O–H groups in total. The number of hydrogen-bond donors (Lipinski definition) is 2. The second-order valence-electron chi connectivity index (χ2n) is 1.72. The van der Waals surface area contributed by atoms with E-state index in [0.717, 1.165) is 6.42 Å². The third-order valence-corrected chi connectivity index (χ3v) is 0.496. The molecule has 0 aromatic heterocycles. The van der Waals surface area contributed by atoms with Gasteiger partial charge < -0.3 is 11.1 Å². The van der Waals surface area contributed by atoms with Crippen LogP contribution in [-0.2, 0) is 4.79 Å². The lowest BCUT2D eigenvalue weighted by Gasteiger charge is -1.81. The van der Waals surface area contributed by atoms with Gasteiger partial charge in [0.05, 0.1) is 0 Å². The summed E-state index contributed by atoms with van der Waals surface area (Å²) < 4.78 is 0. The zero-order chi connectivity index (χ0) is 7.70. The second kappa shape index (κ2) is 10.4. The fourth-order valence-corrected chi connectivity index (χ4v) is 0.246. The van der Waals surface area contributed by atoms with Crippen LogP contribution in [0.2, 0.25) is 0 Å². The predicted molar refractivity (Wildman–Crippen MR) is 39.1 cm³/mol. The third kappa shape index (κ3) is 37.1. The fourth-order valence-electron chi connectivity index (χ4n) is 0.246. The predicted octanol–water partition coefficient (Wildman–Crippen LogP) is 0.107. The van der Waals surface area contributed by atoms with Gasteiger partial charge in [0.2, 0.25) is 5.91 Å². The van der Waals surface area contributed by atoms with Crippen LogP contribution in [0.15, 0.2) is 0 Å². The highest BCUT2D eigenvalue weighted by Gasteiger charge is 1.84. The maximum absolute atomic E-state index is 9.82. The Morgan fingerprint density at radius 3 is 1.89 bits per heavy atom. The minimum Gasteiger partial charge on any atom is -0.370 e. The molecule has 0 heterocycles. The number of carbonyl (C=O) groups excluding carboxylic acids is 1. The van der Waals surface area contributed by atoms with Gasteiger partial charge in [-0.3, -0.25) is 4.79 Å². The molecule has 0 fully saturated rings. The summed E-state index contributed by atoms with van der Waals surface area (Å²) >= 11 is 0. The summed E-state index contributed by atoms with van der Waals surface area (Å²) in [5.41, 5.74) is 4.76. The van der Waals surface area contributed by atoms with Crippen molar-refractivity contribution in [2.45, 2.75) is 19.8 Å². The number of amides is 1. The van der Waals surface area contributed by atoms with Crippen molar-refractivity contribution in [2.75, 3.05) is 14.1 Å². The molecule has 0 saturated heterocycles. The Hall–Kier alpha value is -0.570. The molecule has 0 bridgehead atoms. The number of primary amides is 1. The summed E-state index contributed by atoms with van der Waals surface area (Å²) in [4.78, 5) is 9.82. The molecular formula is C6H16N2O. The summed E-state index contributed by atoms with van der Waals surface area (Å²) in [5, 5.41) is 2.75. The van der Waals surface area contributed by atoms with Crippen LogP contribution < -0.4 is 11.1 Å². The Morgan fingerprint density at radius 2 is 1.89 bits per heavy atom. The summed E-state index contributed by atoms with van der Waals surface area (Å²) in [6.45, 7) is 1.92. The summed E-state index contributed by atoms with van der Waals surface area (Å²) in [5.74, 6) is -0.211. The molecule has 0 radical (unpaired) electrons. The van der Waals surface area contributed by atoms with Gasteiger partial charge in [0.25, 0.3) is 0 Å². The van der Waals surface area contributed by atoms with Crippen molar-refractivity contribution in [3.8, 4) is 0 Å². The van der Waals surface area contributed by atoms with E-state index in [1.54, 1.807) is 0 Å². The average Bonchev–Trinajstić information content (AvgIpc) is 1.67. The van der Waals surface area contributed by atoms with E-state index in [2.05, 4.69) is 5.32 Å². The smallest absolute Gasteiger partial charge is 0.217 e. The largest absolute Gasteiger partial charge is 0.370 e. The van der Waals surface area contributed by atoms with Gasteiger partial charge in [-0.2, -0.15) is 0 Å². The fraction of sp³-hybridized carbons (Fsp3) is 0.833. The van der Waals surface area contributed by atoms with Crippen LogP contribution in [0.25, 0.3) is 0 Å². The number of hydrogen-bond acceptors (Lipinski definition) is 2. The molecule has 0 aromatic rings. The quantitative estimate of drug-likeness (QED) is 0.560. The van der Waals surface area contributed by atoms with Crippen LogP contribution in [-0.4, -0.2) is 20.0 Å². The van der Waals surface area contributed by atoms with E-state index in [1.807, 2.05) is 21.0 Å². The molecule has 0 spiro atoms. The van der Waals surface area contributed by atoms with Crippen molar-refractivity contribution in [2.24, 2.45) is 5.73 Å². The first-order valence-electron chi connectivity index (χ1n) is 3.05. The van der Waals surface area contributed by atoms with Crippen LogP contribution in [0.4, 0.5) is 0 Å². The minimum absolute atomic E-state index is 0.211. The first-order valence-corrected chi connectivity index (χ1v) is 3.05. The molecule has 0 rings (SSSR count). The maximum atomic E-state index is 9.82. The van der Waals surface area contributed by atoms with Gasteiger partial charge in [-0.05, 0) is 20.5 Å². The monoisotopic (exact) mass is 132 g/mol. The topological polar surface area (TPSA) is 55.1 Å². The second-order valence-corrected chi connectivity index (χ2v) is 1.72. The molecular weight excluding hydrogens is 116 g/mol. The summed E-state index contributed by atoms with van der Waals surface area (Å²) in [7, 11) is 3.75. The third-order valence-electron chi connectivity index (χ3n) is 0.496. The average molecular weight is 132 g/mol. The van der Waals surface area contributed by atoms with Gasteiger partial charge in [0, 0.05) is 6.42 Å². The summed E-state index contributed by atoms with van der Waals surface area (Å²) in [6, 6.07) is 0. The Bertz CT molecular complexity index is 64.1. The lowest BCUT2D eigenvalue weighted by molar-refractivity contribution is -0.118. The van der Waals surface area contributed by atoms with Crippen molar-refractivity contribution in [1.29, 1.82) is 0 Å². The van der Waals surface area contributed by atoms with Gasteiger partial charge in [-0.1, -0.05) is 6.92 Å². The first kappa shape index (κ1) is 11.3. The van der Waals surface area contributed by atoms with Crippen LogP contribution in [0.1, 0.15) is 19.8 Å². The number of rotatable bonds is 2. The van der Waals surface area contributed by atoms with E-state index in [4.69, 9.17) is 5.73 Å².